The zero-order chi connectivity index (χ0) is 25.6. The summed E-state index contributed by atoms with van der Waals surface area (Å²) in [6.07, 6.45) is 1.67. The van der Waals surface area contributed by atoms with Crippen molar-refractivity contribution in [3.63, 3.8) is 0 Å². The van der Waals surface area contributed by atoms with Crippen molar-refractivity contribution in [3.05, 3.63) is 69.8 Å². The molecule has 3 heterocycles. The van der Waals surface area contributed by atoms with Gasteiger partial charge in [-0.25, -0.2) is 9.18 Å². The average molecular weight is 496 g/mol. The van der Waals surface area contributed by atoms with E-state index in [-0.39, 0.29) is 30.7 Å². The number of benzene rings is 2. The van der Waals surface area contributed by atoms with Gasteiger partial charge in [0.15, 0.2) is 34.5 Å². The number of hydrogen-bond acceptors (Lipinski definition) is 6. The number of carboxylic acid groups (broad SMARTS) is 1. The normalized spacial score (nSPS) is 17.8. The second-order valence-electron chi connectivity index (χ2n) is 9.28. The van der Waals surface area contributed by atoms with Crippen molar-refractivity contribution in [1.82, 2.24) is 4.57 Å². The van der Waals surface area contributed by atoms with Crippen LogP contribution in [0.1, 0.15) is 35.8 Å². The largest absolute Gasteiger partial charge is 0.493 e. The predicted octanol–water partition coefficient (Wildman–Crippen LogP) is 4.33. The minimum Gasteiger partial charge on any atom is -0.493 e. The lowest BCUT2D eigenvalue weighted by molar-refractivity contribution is 0.0524. The van der Waals surface area contributed by atoms with Crippen LogP contribution in [0.5, 0.6) is 23.0 Å². The zero-order valence-corrected chi connectivity index (χ0v) is 20.1. The molecule has 1 N–H and O–H groups in total. The minimum absolute atomic E-state index is 0.0422. The summed E-state index contributed by atoms with van der Waals surface area (Å²) in [6, 6.07) is 9.17. The van der Waals surface area contributed by atoms with Crippen LogP contribution in [0.25, 0.3) is 11.3 Å². The van der Waals surface area contributed by atoms with Crippen LogP contribution in [0.3, 0.4) is 0 Å². The molecular formula is C27H26FNO7. The van der Waals surface area contributed by atoms with Gasteiger partial charge in [0.05, 0.1) is 12.8 Å². The molecule has 0 saturated carbocycles. The molecule has 188 valence electrons. The van der Waals surface area contributed by atoms with Gasteiger partial charge in [0.1, 0.15) is 24.6 Å². The van der Waals surface area contributed by atoms with Gasteiger partial charge in [-0.3, -0.25) is 4.79 Å². The van der Waals surface area contributed by atoms with Crippen LogP contribution >= 0.6 is 0 Å². The first-order chi connectivity index (χ1) is 17.2. The van der Waals surface area contributed by atoms with Crippen molar-refractivity contribution < 1.29 is 33.2 Å². The number of nitrogens with zero attached hydrogens (tertiary/aromatic N) is 1. The third-order valence-corrected chi connectivity index (χ3v) is 6.58. The highest BCUT2D eigenvalue weighted by atomic mass is 19.1. The molecule has 8 nitrogen and oxygen atoms in total. The lowest BCUT2D eigenvalue weighted by Crippen LogP contribution is -2.34. The number of hydrogen-bond donors (Lipinski definition) is 1. The number of aromatic carboxylic acids is 1. The maximum Gasteiger partial charge on any atom is 0.341 e. The number of ether oxygens (including phenoxy) is 4. The molecule has 0 fully saturated rings. The van der Waals surface area contributed by atoms with Crippen molar-refractivity contribution in [2.24, 2.45) is 5.92 Å². The number of carboxylic acids is 1. The van der Waals surface area contributed by atoms with Crippen molar-refractivity contribution in [3.8, 4) is 34.3 Å². The van der Waals surface area contributed by atoms with Crippen LogP contribution in [0, 0.1) is 11.7 Å². The molecule has 0 amide bonds. The standard InChI is InChI=1S/C27H26FNO7/c1-14(2)20-6-15-7-25(34-12-17-13-35-26-8-16(28)4-5-23(26)36-17)24(33-3)9-18(15)21-10-22(30)19(27(31)32)11-29(20)21/h4-5,7-11,14,17,20H,6,12-13H2,1-3H3,(H,31,32). The van der Waals surface area contributed by atoms with E-state index in [1.165, 1.54) is 37.6 Å². The predicted molar refractivity (Wildman–Crippen MR) is 129 cm³/mol. The Balaban J connectivity index is 1.45. The van der Waals surface area contributed by atoms with E-state index >= 15 is 0 Å². The Morgan fingerprint density at radius 2 is 2.00 bits per heavy atom. The van der Waals surface area contributed by atoms with E-state index in [1.54, 1.807) is 0 Å². The van der Waals surface area contributed by atoms with Gasteiger partial charge in [0.2, 0.25) is 0 Å². The highest BCUT2D eigenvalue weighted by Gasteiger charge is 2.30. The van der Waals surface area contributed by atoms with E-state index in [9.17, 15) is 19.1 Å². The minimum atomic E-state index is -1.24. The third kappa shape index (κ3) is 4.25. The van der Waals surface area contributed by atoms with Crippen LogP contribution in [0.2, 0.25) is 0 Å². The van der Waals surface area contributed by atoms with Gasteiger partial charge in [-0.05, 0) is 42.2 Å². The molecule has 2 atom stereocenters. The number of halogens is 1. The van der Waals surface area contributed by atoms with Gasteiger partial charge in [0.25, 0.3) is 0 Å². The van der Waals surface area contributed by atoms with Crippen molar-refractivity contribution >= 4 is 5.97 Å². The van der Waals surface area contributed by atoms with Crippen LogP contribution in [0.15, 0.2) is 47.4 Å². The summed E-state index contributed by atoms with van der Waals surface area (Å²) in [5.41, 5.74) is 1.60. The molecule has 36 heavy (non-hydrogen) atoms. The van der Waals surface area contributed by atoms with Gasteiger partial charge in [0, 0.05) is 29.9 Å². The van der Waals surface area contributed by atoms with Crippen LogP contribution in [-0.4, -0.2) is 42.1 Å². The highest BCUT2D eigenvalue weighted by Crippen LogP contribution is 2.43. The fourth-order valence-electron chi connectivity index (χ4n) is 4.72. The third-order valence-electron chi connectivity index (χ3n) is 6.58. The lowest BCUT2D eigenvalue weighted by atomic mass is 9.87. The van der Waals surface area contributed by atoms with E-state index in [4.69, 9.17) is 18.9 Å². The fraction of sp³-hybridized carbons (Fsp3) is 0.333. The maximum absolute atomic E-state index is 13.4. The Labute approximate surface area is 206 Å². The van der Waals surface area contributed by atoms with Gasteiger partial charge >= 0.3 is 5.97 Å². The number of aromatic nitrogens is 1. The van der Waals surface area contributed by atoms with Crippen LogP contribution in [0.4, 0.5) is 4.39 Å². The molecule has 0 radical (unpaired) electrons. The van der Waals surface area contributed by atoms with E-state index < -0.39 is 23.3 Å². The summed E-state index contributed by atoms with van der Waals surface area (Å²) in [6.45, 7) is 4.50. The zero-order valence-electron chi connectivity index (χ0n) is 20.1. The summed E-state index contributed by atoms with van der Waals surface area (Å²) in [7, 11) is 1.53. The van der Waals surface area contributed by atoms with Gasteiger partial charge < -0.3 is 28.6 Å². The molecule has 2 aromatic carbocycles. The Bertz CT molecular complexity index is 1400. The van der Waals surface area contributed by atoms with Crippen molar-refractivity contribution in [2.45, 2.75) is 32.4 Å². The van der Waals surface area contributed by atoms with E-state index in [1.807, 2.05) is 16.7 Å². The number of carbonyl (C=O) groups is 1. The first-order valence-electron chi connectivity index (χ1n) is 11.7. The molecule has 0 saturated heterocycles. The molecule has 3 aromatic rings. The van der Waals surface area contributed by atoms with Gasteiger partial charge in [-0.15, -0.1) is 0 Å². The number of methoxy groups -OCH3 is 1. The molecule has 2 aliphatic rings. The second-order valence-corrected chi connectivity index (χ2v) is 9.28. The SMILES string of the molecule is COc1cc2c(cc1OCC1COc3cc(F)ccc3O1)CC(C(C)C)n1cc(C(=O)O)c(=O)cc1-2. The van der Waals surface area contributed by atoms with Gasteiger partial charge in [-0.1, -0.05) is 13.8 Å². The van der Waals surface area contributed by atoms with Crippen LogP contribution < -0.4 is 24.4 Å². The maximum atomic E-state index is 13.4. The van der Waals surface area contributed by atoms with E-state index in [2.05, 4.69) is 13.8 Å². The van der Waals surface area contributed by atoms with E-state index in [0.717, 1.165) is 11.1 Å². The average Bonchev–Trinajstić information content (AvgIpc) is 2.85. The Hall–Kier alpha value is -4.01. The van der Waals surface area contributed by atoms with E-state index in [0.29, 0.717) is 35.1 Å². The first-order valence-corrected chi connectivity index (χ1v) is 11.7. The molecule has 0 spiro atoms. The summed E-state index contributed by atoms with van der Waals surface area (Å²) in [5.74, 6) is 0.348. The first kappa shape index (κ1) is 23.7. The summed E-state index contributed by atoms with van der Waals surface area (Å²) in [4.78, 5) is 24.1. The molecule has 1 aromatic heterocycles. The van der Waals surface area contributed by atoms with Crippen molar-refractivity contribution in [1.29, 1.82) is 0 Å². The molecule has 2 aliphatic heterocycles. The summed E-state index contributed by atoms with van der Waals surface area (Å²) >= 11 is 0. The number of pyridine rings is 1. The Morgan fingerprint density at radius 3 is 2.72 bits per heavy atom. The quantitative estimate of drug-likeness (QED) is 0.544. The number of rotatable bonds is 6. The molecular weight excluding hydrogens is 469 g/mol. The molecule has 0 bridgehead atoms. The molecule has 5 rings (SSSR count). The monoisotopic (exact) mass is 495 g/mol. The fourth-order valence-corrected chi connectivity index (χ4v) is 4.72. The number of fused-ring (bicyclic) bond motifs is 4. The Kier molecular flexibility index (Phi) is 6.07. The highest BCUT2D eigenvalue weighted by molar-refractivity contribution is 5.88. The summed E-state index contributed by atoms with van der Waals surface area (Å²) in [5, 5.41) is 9.45. The van der Waals surface area contributed by atoms with Crippen LogP contribution in [-0.2, 0) is 6.42 Å². The smallest absolute Gasteiger partial charge is 0.341 e. The molecule has 2 unspecified atom stereocenters. The summed E-state index contributed by atoms with van der Waals surface area (Å²) < 4.78 is 38.5. The van der Waals surface area contributed by atoms with Crippen molar-refractivity contribution in [2.75, 3.05) is 20.3 Å². The topological polar surface area (TPSA) is 96.2 Å². The Morgan fingerprint density at radius 1 is 1.19 bits per heavy atom. The lowest BCUT2D eigenvalue weighted by Gasteiger charge is -2.34. The van der Waals surface area contributed by atoms with Gasteiger partial charge in [-0.2, -0.15) is 0 Å². The molecule has 0 aliphatic carbocycles. The molecule has 9 heteroatoms. The second kappa shape index (κ2) is 9.22.